The fraction of sp³-hybridized carbons (Fsp3) is 0.125. The summed E-state index contributed by atoms with van der Waals surface area (Å²) >= 11 is 0. The highest BCUT2D eigenvalue weighted by Gasteiger charge is 2.05. The Morgan fingerprint density at radius 1 is 1.62 bits per heavy atom. The Kier molecular flexibility index (Phi) is 1.70. The number of nitrogens with zero attached hydrogens (tertiary/aromatic N) is 3. The minimum absolute atomic E-state index is 0.130. The van der Waals surface area contributed by atoms with Crippen LogP contribution in [0.25, 0.3) is 11.0 Å². The maximum atomic E-state index is 10.4. The summed E-state index contributed by atoms with van der Waals surface area (Å²) < 4.78 is 1.41. The van der Waals surface area contributed by atoms with E-state index in [-0.39, 0.29) is 6.54 Å². The van der Waals surface area contributed by atoms with Gasteiger partial charge in [-0.1, -0.05) is 0 Å². The van der Waals surface area contributed by atoms with Crippen molar-refractivity contribution in [2.45, 2.75) is 6.54 Å². The Balaban J connectivity index is 2.51. The largest absolute Gasteiger partial charge is 0.480 e. The summed E-state index contributed by atoms with van der Waals surface area (Å²) in [5.41, 5.74) is 1.45. The molecule has 2 rings (SSSR count). The molecule has 0 saturated carbocycles. The van der Waals surface area contributed by atoms with Gasteiger partial charge in [0.05, 0.1) is 11.7 Å². The van der Waals surface area contributed by atoms with Crippen LogP contribution in [0.1, 0.15) is 0 Å². The summed E-state index contributed by atoms with van der Waals surface area (Å²) in [6.45, 7) is -0.130. The lowest BCUT2D eigenvalue weighted by Crippen LogP contribution is -2.09. The molecule has 0 atom stereocenters. The van der Waals surface area contributed by atoms with Crippen molar-refractivity contribution in [2.24, 2.45) is 0 Å². The van der Waals surface area contributed by atoms with Crippen LogP contribution in [0.3, 0.4) is 0 Å². The maximum Gasteiger partial charge on any atom is 0.325 e. The van der Waals surface area contributed by atoms with Gasteiger partial charge in [0.1, 0.15) is 12.1 Å². The lowest BCUT2D eigenvalue weighted by Gasteiger charge is -1.96. The highest BCUT2D eigenvalue weighted by Crippen LogP contribution is 2.08. The number of hydrogen-bond donors (Lipinski definition) is 1. The van der Waals surface area contributed by atoms with Crippen molar-refractivity contribution in [1.29, 1.82) is 0 Å². The van der Waals surface area contributed by atoms with E-state index in [9.17, 15) is 4.79 Å². The molecular formula is C8H7N3O2. The van der Waals surface area contributed by atoms with Gasteiger partial charge in [0, 0.05) is 6.20 Å². The van der Waals surface area contributed by atoms with Gasteiger partial charge in [0.15, 0.2) is 0 Å². The summed E-state index contributed by atoms with van der Waals surface area (Å²) in [6, 6.07) is 3.54. The predicted molar refractivity (Wildman–Crippen MR) is 45.2 cm³/mol. The van der Waals surface area contributed by atoms with E-state index in [2.05, 4.69) is 10.1 Å². The molecule has 0 aliphatic carbocycles. The molecule has 2 aromatic heterocycles. The third-order valence-corrected chi connectivity index (χ3v) is 1.70. The first-order valence-corrected chi connectivity index (χ1v) is 3.76. The quantitative estimate of drug-likeness (QED) is 0.725. The molecule has 66 valence electrons. The minimum Gasteiger partial charge on any atom is -0.480 e. The van der Waals surface area contributed by atoms with Crippen LogP contribution in [-0.4, -0.2) is 25.8 Å². The first kappa shape index (κ1) is 7.72. The highest BCUT2D eigenvalue weighted by molar-refractivity contribution is 5.76. The average molecular weight is 177 g/mol. The fourth-order valence-corrected chi connectivity index (χ4v) is 1.17. The summed E-state index contributed by atoms with van der Waals surface area (Å²) in [6.07, 6.45) is 3.20. The number of carbonyl (C=O) groups is 1. The van der Waals surface area contributed by atoms with E-state index in [4.69, 9.17) is 5.11 Å². The van der Waals surface area contributed by atoms with E-state index in [1.54, 1.807) is 24.5 Å². The van der Waals surface area contributed by atoms with Crippen LogP contribution in [0.5, 0.6) is 0 Å². The van der Waals surface area contributed by atoms with Crippen LogP contribution in [-0.2, 0) is 11.3 Å². The topological polar surface area (TPSA) is 68.0 Å². The zero-order valence-electron chi connectivity index (χ0n) is 6.71. The van der Waals surface area contributed by atoms with Crippen molar-refractivity contribution >= 4 is 17.0 Å². The highest BCUT2D eigenvalue weighted by atomic mass is 16.4. The Hall–Kier alpha value is -1.91. The second-order valence-electron chi connectivity index (χ2n) is 2.60. The molecule has 1 N–H and O–H groups in total. The minimum atomic E-state index is -0.908. The molecule has 0 fully saturated rings. The summed E-state index contributed by atoms with van der Waals surface area (Å²) in [7, 11) is 0. The Morgan fingerprint density at radius 2 is 2.46 bits per heavy atom. The van der Waals surface area contributed by atoms with E-state index in [0.717, 1.165) is 5.52 Å². The Bertz CT molecular complexity index is 449. The van der Waals surface area contributed by atoms with Gasteiger partial charge in [0.25, 0.3) is 0 Å². The van der Waals surface area contributed by atoms with Gasteiger partial charge >= 0.3 is 5.97 Å². The number of aromatic nitrogens is 3. The van der Waals surface area contributed by atoms with Crippen LogP contribution in [0.4, 0.5) is 0 Å². The van der Waals surface area contributed by atoms with Crippen LogP contribution in [0.15, 0.2) is 24.5 Å². The van der Waals surface area contributed by atoms with Gasteiger partial charge < -0.3 is 5.11 Å². The lowest BCUT2D eigenvalue weighted by atomic mass is 10.4. The zero-order valence-corrected chi connectivity index (χ0v) is 6.71. The van der Waals surface area contributed by atoms with Crippen molar-refractivity contribution in [2.75, 3.05) is 0 Å². The first-order chi connectivity index (χ1) is 6.27. The van der Waals surface area contributed by atoms with Crippen molar-refractivity contribution in [3.05, 3.63) is 24.5 Å². The second kappa shape index (κ2) is 2.85. The SMILES string of the molecule is O=C(O)Cn1ncc2ncccc21. The maximum absolute atomic E-state index is 10.4. The molecule has 13 heavy (non-hydrogen) atoms. The second-order valence-corrected chi connectivity index (χ2v) is 2.60. The van der Waals surface area contributed by atoms with Crippen molar-refractivity contribution < 1.29 is 9.90 Å². The van der Waals surface area contributed by atoms with Gasteiger partial charge in [-0.15, -0.1) is 0 Å². The molecule has 0 radical (unpaired) electrons. The fourth-order valence-electron chi connectivity index (χ4n) is 1.17. The number of carboxylic acid groups (broad SMARTS) is 1. The van der Waals surface area contributed by atoms with Crippen molar-refractivity contribution in [1.82, 2.24) is 14.8 Å². The number of aliphatic carboxylic acids is 1. The Morgan fingerprint density at radius 3 is 3.23 bits per heavy atom. The molecule has 0 bridgehead atoms. The Labute approximate surface area is 73.6 Å². The molecule has 0 aliphatic rings. The first-order valence-electron chi connectivity index (χ1n) is 3.76. The molecule has 5 nitrogen and oxygen atoms in total. The smallest absolute Gasteiger partial charge is 0.325 e. The number of rotatable bonds is 2. The molecule has 0 aromatic carbocycles. The van der Waals surface area contributed by atoms with Gasteiger partial charge in [-0.25, -0.2) is 0 Å². The summed E-state index contributed by atoms with van der Waals surface area (Å²) in [4.78, 5) is 14.5. The average Bonchev–Trinajstić information content (AvgIpc) is 2.48. The lowest BCUT2D eigenvalue weighted by molar-refractivity contribution is -0.137. The van der Waals surface area contributed by atoms with E-state index in [0.29, 0.717) is 5.52 Å². The third kappa shape index (κ3) is 1.35. The van der Waals surface area contributed by atoms with E-state index in [1.165, 1.54) is 4.68 Å². The van der Waals surface area contributed by atoms with Crippen LogP contribution in [0, 0.1) is 0 Å². The van der Waals surface area contributed by atoms with Gasteiger partial charge in [-0.2, -0.15) is 5.10 Å². The number of pyridine rings is 1. The molecule has 0 amide bonds. The molecule has 0 unspecified atom stereocenters. The predicted octanol–water partition coefficient (Wildman–Crippen LogP) is 0.516. The van der Waals surface area contributed by atoms with E-state index < -0.39 is 5.97 Å². The standard InChI is InChI=1S/C8H7N3O2/c12-8(13)5-11-7-2-1-3-9-6(7)4-10-11/h1-4H,5H2,(H,12,13). The molecule has 2 aromatic rings. The van der Waals surface area contributed by atoms with Gasteiger partial charge in [-0.05, 0) is 12.1 Å². The van der Waals surface area contributed by atoms with Crippen LogP contribution >= 0.6 is 0 Å². The molecule has 5 heteroatoms. The third-order valence-electron chi connectivity index (χ3n) is 1.70. The van der Waals surface area contributed by atoms with E-state index in [1.807, 2.05) is 0 Å². The van der Waals surface area contributed by atoms with Crippen LogP contribution < -0.4 is 0 Å². The van der Waals surface area contributed by atoms with Crippen molar-refractivity contribution in [3.8, 4) is 0 Å². The molecule has 2 heterocycles. The summed E-state index contributed by atoms with van der Waals surface area (Å²) in [5.74, 6) is -0.908. The molecule has 0 spiro atoms. The molecular weight excluding hydrogens is 170 g/mol. The molecule has 0 saturated heterocycles. The van der Waals surface area contributed by atoms with Gasteiger partial charge in [-0.3, -0.25) is 14.5 Å². The summed E-state index contributed by atoms with van der Waals surface area (Å²) in [5, 5.41) is 12.5. The van der Waals surface area contributed by atoms with Crippen molar-refractivity contribution in [3.63, 3.8) is 0 Å². The number of hydrogen-bond acceptors (Lipinski definition) is 3. The number of fused-ring (bicyclic) bond motifs is 1. The van der Waals surface area contributed by atoms with Gasteiger partial charge in [0.2, 0.25) is 0 Å². The molecule has 0 aliphatic heterocycles. The number of carboxylic acids is 1. The van der Waals surface area contributed by atoms with E-state index >= 15 is 0 Å². The van der Waals surface area contributed by atoms with Crippen LogP contribution in [0.2, 0.25) is 0 Å². The normalized spacial score (nSPS) is 10.5. The monoisotopic (exact) mass is 177 g/mol. The zero-order chi connectivity index (χ0) is 9.26.